The number of carbonyl (C=O) groups excluding carboxylic acids is 4. The highest BCUT2D eigenvalue weighted by molar-refractivity contribution is 5.92. The van der Waals surface area contributed by atoms with Crippen LogP contribution in [0.15, 0.2) is 30.3 Å². The first-order valence-corrected chi connectivity index (χ1v) is 12.3. The normalized spacial score (nSPS) is 14.1. The number of hydrogen-bond donors (Lipinski definition) is 3. The molecule has 3 amide bonds. The number of benzene rings is 1. The summed E-state index contributed by atoms with van der Waals surface area (Å²) in [5.41, 5.74) is 0.684. The van der Waals surface area contributed by atoms with Crippen LogP contribution in [0.3, 0.4) is 0 Å². The Hall–Kier alpha value is -2.90. The topological polar surface area (TPSA) is 114 Å². The third-order valence-corrected chi connectivity index (χ3v) is 5.19. The molecule has 0 aliphatic rings. The highest BCUT2D eigenvalue weighted by Gasteiger charge is 2.30. The predicted octanol–water partition coefficient (Wildman–Crippen LogP) is 3.98. The molecule has 0 aliphatic carbocycles. The number of nitrogens with one attached hydrogen (secondary N) is 3. The Morgan fingerprint density at radius 1 is 0.857 bits per heavy atom. The highest BCUT2D eigenvalue weighted by Crippen LogP contribution is 2.20. The lowest BCUT2D eigenvalue weighted by atomic mass is 9.88. The van der Waals surface area contributed by atoms with E-state index < -0.39 is 36.0 Å². The third kappa shape index (κ3) is 12.9. The number of amides is 3. The van der Waals surface area contributed by atoms with E-state index in [1.165, 1.54) is 0 Å². The molecule has 35 heavy (non-hydrogen) atoms. The molecule has 0 fully saturated rings. The van der Waals surface area contributed by atoms with E-state index in [-0.39, 0.29) is 23.9 Å². The largest absolute Gasteiger partial charge is 0.445 e. The molecule has 0 spiro atoms. The molecule has 196 valence electrons. The minimum Gasteiger partial charge on any atom is -0.445 e. The van der Waals surface area contributed by atoms with Crippen LogP contribution < -0.4 is 16.0 Å². The number of carbonyl (C=O) groups is 4. The first-order valence-electron chi connectivity index (χ1n) is 12.3. The number of rotatable bonds is 13. The zero-order valence-corrected chi connectivity index (χ0v) is 22.2. The molecule has 1 aromatic carbocycles. The molecule has 0 saturated heterocycles. The van der Waals surface area contributed by atoms with Gasteiger partial charge in [-0.05, 0) is 42.1 Å². The van der Waals surface area contributed by atoms with Crippen LogP contribution in [0.4, 0.5) is 4.79 Å². The summed E-state index contributed by atoms with van der Waals surface area (Å²) in [5.74, 6) is -0.641. The molecule has 0 heterocycles. The van der Waals surface area contributed by atoms with Gasteiger partial charge in [0.05, 0.1) is 6.04 Å². The van der Waals surface area contributed by atoms with E-state index in [0.717, 1.165) is 11.8 Å². The molecule has 8 heteroatoms. The summed E-state index contributed by atoms with van der Waals surface area (Å²) in [6.45, 7) is 13.8. The molecule has 0 aromatic heterocycles. The van der Waals surface area contributed by atoms with E-state index in [1.54, 1.807) is 0 Å². The Morgan fingerprint density at radius 2 is 1.37 bits per heavy atom. The zero-order valence-electron chi connectivity index (χ0n) is 22.2. The van der Waals surface area contributed by atoms with Gasteiger partial charge in [0.2, 0.25) is 11.8 Å². The molecule has 1 aromatic rings. The number of ether oxygens (including phenoxy) is 1. The van der Waals surface area contributed by atoms with Crippen LogP contribution in [0.25, 0.3) is 0 Å². The van der Waals surface area contributed by atoms with Gasteiger partial charge in [0.1, 0.15) is 25.0 Å². The molecule has 8 nitrogen and oxygen atoms in total. The van der Waals surface area contributed by atoms with Gasteiger partial charge in [-0.15, -0.1) is 0 Å². The Kier molecular flexibility index (Phi) is 12.5. The smallest absolute Gasteiger partial charge is 0.408 e. The van der Waals surface area contributed by atoms with Gasteiger partial charge in [0.15, 0.2) is 0 Å². The Morgan fingerprint density at radius 3 is 1.86 bits per heavy atom. The minimum atomic E-state index is -0.864. The molecule has 3 atom stereocenters. The lowest BCUT2D eigenvalue weighted by Crippen LogP contribution is -2.56. The number of alkyl carbamates (subject to hydrolysis) is 1. The SMILES string of the molecule is CC(C)CC(NC(=O)OCc1ccccc1)C(=O)NC(CC(C)C)C(=O)NC(C=O)CC(C)(C)C. The Balaban J connectivity index is 2.87. The van der Waals surface area contributed by atoms with Gasteiger partial charge < -0.3 is 25.5 Å². The molecule has 0 aliphatic heterocycles. The summed E-state index contributed by atoms with van der Waals surface area (Å²) in [6, 6.07) is 6.91. The average molecular weight is 490 g/mol. The summed E-state index contributed by atoms with van der Waals surface area (Å²) < 4.78 is 5.27. The summed E-state index contributed by atoms with van der Waals surface area (Å²) in [4.78, 5) is 50.1. The van der Waals surface area contributed by atoms with E-state index in [0.29, 0.717) is 19.3 Å². The van der Waals surface area contributed by atoms with Crippen molar-refractivity contribution in [1.82, 2.24) is 16.0 Å². The molecule has 3 N–H and O–H groups in total. The fourth-order valence-corrected chi connectivity index (χ4v) is 3.66. The number of aldehydes is 1. The second kappa shape index (κ2) is 14.5. The van der Waals surface area contributed by atoms with Crippen molar-refractivity contribution in [3.05, 3.63) is 35.9 Å². The van der Waals surface area contributed by atoms with Crippen LogP contribution in [0.2, 0.25) is 0 Å². The second-order valence-corrected chi connectivity index (χ2v) is 11.1. The van der Waals surface area contributed by atoms with Crippen molar-refractivity contribution in [3.8, 4) is 0 Å². The summed E-state index contributed by atoms with van der Waals surface area (Å²) in [7, 11) is 0. The van der Waals surface area contributed by atoms with Crippen LogP contribution in [0, 0.1) is 17.3 Å². The summed E-state index contributed by atoms with van der Waals surface area (Å²) in [6.07, 6.45) is 1.28. The van der Waals surface area contributed by atoms with Crippen molar-refractivity contribution in [2.24, 2.45) is 17.3 Å². The first-order chi connectivity index (χ1) is 16.3. The third-order valence-electron chi connectivity index (χ3n) is 5.19. The predicted molar refractivity (Wildman–Crippen MR) is 136 cm³/mol. The van der Waals surface area contributed by atoms with Crippen molar-refractivity contribution >= 4 is 24.2 Å². The van der Waals surface area contributed by atoms with Gasteiger partial charge in [-0.3, -0.25) is 9.59 Å². The Labute approximate surface area is 210 Å². The van der Waals surface area contributed by atoms with E-state index >= 15 is 0 Å². The monoisotopic (exact) mass is 489 g/mol. The maximum atomic E-state index is 13.1. The maximum absolute atomic E-state index is 13.1. The van der Waals surface area contributed by atoms with E-state index in [2.05, 4.69) is 16.0 Å². The minimum absolute atomic E-state index is 0.0852. The van der Waals surface area contributed by atoms with E-state index in [1.807, 2.05) is 78.8 Å². The molecule has 3 unspecified atom stereocenters. The van der Waals surface area contributed by atoms with Gasteiger partial charge in [-0.1, -0.05) is 78.8 Å². The highest BCUT2D eigenvalue weighted by atomic mass is 16.5. The van der Waals surface area contributed by atoms with Crippen LogP contribution in [-0.2, 0) is 25.7 Å². The van der Waals surface area contributed by atoms with Crippen molar-refractivity contribution in [2.45, 2.75) is 92.5 Å². The van der Waals surface area contributed by atoms with Crippen molar-refractivity contribution < 1.29 is 23.9 Å². The first kappa shape index (κ1) is 30.1. The van der Waals surface area contributed by atoms with Crippen LogP contribution in [-0.4, -0.2) is 42.3 Å². The molecule has 0 radical (unpaired) electrons. The van der Waals surface area contributed by atoms with Crippen molar-refractivity contribution in [2.75, 3.05) is 0 Å². The van der Waals surface area contributed by atoms with Gasteiger partial charge in [0.25, 0.3) is 0 Å². The van der Waals surface area contributed by atoms with Crippen LogP contribution >= 0.6 is 0 Å². The molecular weight excluding hydrogens is 446 g/mol. The second-order valence-electron chi connectivity index (χ2n) is 11.1. The fourth-order valence-electron chi connectivity index (χ4n) is 3.66. The van der Waals surface area contributed by atoms with Gasteiger partial charge in [-0.2, -0.15) is 0 Å². The van der Waals surface area contributed by atoms with Gasteiger partial charge in [0, 0.05) is 0 Å². The van der Waals surface area contributed by atoms with E-state index in [9.17, 15) is 19.2 Å². The summed E-state index contributed by atoms with van der Waals surface area (Å²) >= 11 is 0. The van der Waals surface area contributed by atoms with Gasteiger partial charge >= 0.3 is 6.09 Å². The van der Waals surface area contributed by atoms with Crippen LogP contribution in [0.1, 0.15) is 73.3 Å². The summed E-state index contributed by atoms with van der Waals surface area (Å²) in [5, 5.41) is 8.19. The zero-order chi connectivity index (χ0) is 26.6. The maximum Gasteiger partial charge on any atom is 0.408 e. The van der Waals surface area contributed by atoms with Gasteiger partial charge in [-0.25, -0.2) is 4.79 Å². The quantitative estimate of drug-likeness (QED) is 0.363. The van der Waals surface area contributed by atoms with E-state index in [4.69, 9.17) is 4.74 Å². The molecule has 1 rings (SSSR count). The standard InChI is InChI=1S/C27H43N3O5/c1-18(2)13-22(24(32)28-21(16-31)15-27(5,6)7)29-25(33)23(14-19(3)4)30-26(34)35-17-20-11-9-8-10-12-20/h8-12,16,18-19,21-23H,13-15,17H2,1-7H3,(H,28,32)(H,29,33)(H,30,34). The average Bonchev–Trinajstić information content (AvgIpc) is 2.75. The molecular formula is C27H43N3O5. The van der Waals surface area contributed by atoms with Crippen molar-refractivity contribution in [1.29, 1.82) is 0 Å². The van der Waals surface area contributed by atoms with Crippen molar-refractivity contribution in [3.63, 3.8) is 0 Å². The number of hydrogen-bond acceptors (Lipinski definition) is 5. The Bertz CT molecular complexity index is 818. The fraction of sp³-hybridized carbons (Fsp3) is 0.630. The van der Waals surface area contributed by atoms with Crippen LogP contribution in [0.5, 0.6) is 0 Å². The lowest BCUT2D eigenvalue weighted by molar-refractivity contribution is -0.131. The molecule has 0 bridgehead atoms. The molecule has 0 saturated carbocycles. The lowest BCUT2D eigenvalue weighted by Gasteiger charge is -2.27.